The van der Waals surface area contributed by atoms with E-state index in [-0.39, 0.29) is 0 Å². The second kappa shape index (κ2) is 36.1. The number of nitrogens with zero attached hydrogens (tertiary/aromatic N) is 1. The Labute approximate surface area is 252 Å². The Hall–Kier alpha value is -2.85. The lowest BCUT2D eigenvalue weighted by Crippen LogP contribution is -1.96. The Balaban J connectivity index is -0.000000207. The van der Waals surface area contributed by atoms with Gasteiger partial charge in [0.1, 0.15) is 0 Å². The Morgan fingerprint density at radius 3 is 1.73 bits per heavy atom. The second-order valence-electron chi connectivity index (χ2n) is 9.25. The summed E-state index contributed by atoms with van der Waals surface area (Å²) in [5.41, 5.74) is 5.70. The highest BCUT2D eigenvalue weighted by molar-refractivity contribution is 5.26. The minimum Gasteiger partial charge on any atom is -0.198 e. The highest BCUT2D eigenvalue weighted by Gasteiger charge is 2.27. The fourth-order valence-electron chi connectivity index (χ4n) is 3.58. The Morgan fingerprint density at radius 2 is 1.38 bits per heavy atom. The van der Waals surface area contributed by atoms with Crippen molar-refractivity contribution in [1.29, 1.82) is 5.26 Å². The van der Waals surface area contributed by atoms with E-state index in [0.29, 0.717) is 6.42 Å². The molecular weight excluding hydrogens is 482 g/mol. The SMILES string of the molecule is C=C(C)CC(C)C1CC1.C=CC.C=CCc1ccccc1.CC.CC.CCC#N.CCCc1ccccc1CC. The lowest BCUT2D eigenvalue weighted by Gasteiger charge is -2.07. The molecular formula is C39H65N. The van der Waals surface area contributed by atoms with E-state index in [4.69, 9.17) is 5.26 Å². The third-order valence-corrected chi connectivity index (χ3v) is 5.50. The summed E-state index contributed by atoms with van der Waals surface area (Å²) in [4.78, 5) is 0. The third-order valence-electron chi connectivity index (χ3n) is 5.50. The summed E-state index contributed by atoms with van der Waals surface area (Å²) in [6, 6.07) is 20.9. The number of hydrogen-bond acceptors (Lipinski definition) is 1. The first-order valence-electron chi connectivity index (χ1n) is 15.6. The lowest BCUT2D eigenvalue weighted by molar-refractivity contribution is 0.505. The van der Waals surface area contributed by atoms with E-state index >= 15 is 0 Å². The summed E-state index contributed by atoms with van der Waals surface area (Å²) in [5.74, 6) is 1.95. The molecule has 0 N–H and O–H groups in total. The molecule has 0 heterocycles. The van der Waals surface area contributed by atoms with E-state index in [2.05, 4.69) is 83.8 Å². The van der Waals surface area contributed by atoms with Crippen molar-refractivity contribution in [2.45, 2.75) is 121 Å². The lowest BCUT2D eigenvalue weighted by atomic mass is 9.99. The van der Waals surface area contributed by atoms with Gasteiger partial charge in [-0.1, -0.05) is 134 Å². The molecule has 0 saturated heterocycles. The van der Waals surface area contributed by atoms with E-state index in [1.165, 1.54) is 54.4 Å². The van der Waals surface area contributed by atoms with Crippen LogP contribution in [0.25, 0.3) is 0 Å². The molecule has 0 amide bonds. The number of hydrogen-bond donors (Lipinski definition) is 0. The molecule has 1 aliphatic rings. The van der Waals surface area contributed by atoms with Gasteiger partial charge in [0, 0.05) is 6.42 Å². The molecule has 2 aromatic carbocycles. The quantitative estimate of drug-likeness (QED) is 0.301. The molecule has 226 valence electrons. The van der Waals surface area contributed by atoms with Crippen molar-refractivity contribution in [2.75, 3.05) is 0 Å². The van der Waals surface area contributed by atoms with Gasteiger partial charge in [-0.2, -0.15) is 5.26 Å². The maximum atomic E-state index is 7.62. The van der Waals surface area contributed by atoms with Gasteiger partial charge >= 0.3 is 0 Å². The molecule has 3 rings (SSSR count). The van der Waals surface area contributed by atoms with Gasteiger partial charge in [-0.3, -0.25) is 0 Å². The number of allylic oxidation sites excluding steroid dienone is 3. The topological polar surface area (TPSA) is 23.8 Å². The third kappa shape index (κ3) is 31.4. The van der Waals surface area contributed by atoms with Gasteiger partial charge in [0.05, 0.1) is 6.07 Å². The zero-order chi connectivity index (χ0) is 31.6. The molecule has 0 aromatic heterocycles. The summed E-state index contributed by atoms with van der Waals surface area (Å²) in [6.45, 7) is 31.5. The Bertz CT molecular complexity index is 837. The first-order valence-corrected chi connectivity index (χ1v) is 15.6. The van der Waals surface area contributed by atoms with Crippen LogP contribution in [-0.4, -0.2) is 0 Å². The van der Waals surface area contributed by atoms with Gasteiger partial charge in [-0.25, -0.2) is 0 Å². The zero-order valence-corrected chi connectivity index (χ0v) is 28.2. The van der Waals surface area contributed by atoms with E-state index < -0.39 is 0 Å². The van der Waals surface area contributed by atoms with E-state index in [1.807, 2.05) is 71.9 Å². The molecule has 1 fully saturated rings. The summed E-state index contributed by atoms with van der Waals surface area (Å²) in [7, 11) is 0. The summed E-state index contributed by atoms with van der Waals surface area (Å²) in [6.07, 6.45) is 13.1. The van der Waals surface area contributed by atoms with Gasteiger partial charge in [0.2, 0.25) is 0 Å². The molecule has 1 saturated carbocycles. The molecule has 0 spiro atoms. The molecule has 2 aromatic rings. The monoisotopic (exact) mass is 548 g/mol. The zero-order valence-electron chi connectivity index (χ0n) is 28.2. The highest BCUT2D eigenvalue weighted by Crippen LogP contribution is 2.39. The average molecular weight is 548 g/mol. The second-order valence-corrected chi connectivity index (χ2v) is 9.25. The van der Waals surface area contributed by atoms with Crippen LogP contribution in [0.3, 0.4) is 0 Å². The van der Waals surface area contributed by atoms with Gasteiger partial charge in [0.15, 0.2) is 0 Å². The van der Waals surface area contributed by atoms with E-state index in [1.54, 1.807) is 6.08 Å². The van der Waals surface area contributed by atoms with Crippen molar-refractivity contribution in [3.05, 3.63) is 109 Å². The molecule has 1 unspecified atom stereocenters. The maximum absolute atomic E-state index is 7.62. The van der Waals surface area contributed by atoms with Crippen LogP contribution in [0.2, 0.25) is 0 Å². The van der Waals surface area contributed by atoms with Crippen LogP contribution in [0, 0.1) is 23.2 Å². The molecule has 1 aliphatic carbocycles. The maximum Gasteiger partial charge on any atom is 0.0618 e. The average Bonchev–Trinajstić information content (AvgIpc) is 3.84. The van der Waals surface area contributed by atoms with Crippen LogP contribution in [0.1, 0.15) is 118 Å². The van der Waals surface area contributed by atoms with Crippen LogP contribution in [0.4, 0.5) is 0 Å². The van der Waals surface area contributed by atoms with Crippen LogP contribution < -0.4 is 0 Å². The number of nitriles is 1. The minimum atomic E-state index is 0.625. The van der Waals surface area contributed by atoms with Crippen LogP contribution in [-0.2, 0) is 19.3 Å². The Kier molecular flexibility index (Phi) is 39.9. The predicted octanol–water partition coefficient (Wildman–Crippen LogP) is 12.8. The van der Waals surface area contributed by atoms with E-state index in [0.717, 1.165) is 24.7 Å². The van der Waals surface area contributed by atoms with E-state index in [9.17, 15) is 0 Å². The number of benzene rings is 2. The van der Waals surface area contributed by atoms with Crippen molar-refractivity contribution in [3.8, 4) is 6.07 Å². The molecule has 0 bridgehead atoms. The van der Waals surface area contributed by atoms with Crippen molar-refractivity contribution in [2.24, 2.45) is 11.8 Å². The van der Waals surface area contributed by atoms with Gasteiger partial charge in [-0.15, -0.1) is 19.7 Å². The highest BCUT2D eigenvalue weighted by atomic mass is 14.3. The van der Waals surface area contributed by atoms with Crippen molar-refractivity contribution in [1.82, 2.24) is 0 Å². The van der Waals surface area contributed by atoms with Crippen LogP contribution >= 0.6 is 0 Å². The molecule has 0 radical (unpaired) electrons. The normalized spacial score (nSPS) is 10.7. The first kappa shape index (κ1) is 44.2. The molecule has 1 heteroatoms. The molecule has 1 nitrogen and oxygen atoms in total. The predicted molar refractivity (Wildman–Crippen MR) is 186 cm³/mol. The minimum absolute atomic E-state index is 0.625. The van der Waals surface area contributed by atoms with Gasteiger partial charge in [-0.05, 0) is 80.9 Å². The molecule has 1 atom stereocenters. The molecule has 40 heavy (non-hydrogen) atoms. The Morgan fingerprint density at radius 1 is 0.925 bits per heavy atom. The smallest absolute Gasteiger partial charge is 0.0618 e. The number of aryl methyl sites for hydroxylation is 2. The van der Waals surface area contributed by atoms with Crippen LogP contribution in [0.15, 0.2) is 92.1 Å². The van der Waals surface area contributed by atoms with Gasteiger partial charge in [0.25, 0.3) is 0 Å². The summed E-state index contributed by atoms with van der Waals surface area (Å²) >= 11 is 0. The summed E-state index contributed by atoms with van der Waals surface area (Å²) in [5, 5.41) is 7.62. The van der Waals surface area contributed by atoms with Crippen molar-refractivity contribution < 1.29 is 0 Å². The first-order chi connectivity index (χ1) is 19.3. The van der Waals surface area contributed by atoms with Gasteiger partial charge < -0.3 is 0 Å². The van der Waals surface area contributed by atoms with Crippen LogP contribution in [0.5, 0.6) is 0 Å². The van der Waals surface area contributed by atoms with Crippen molar-refractivity contribution >= 4 is 0 Å². The summed E-state index contributed by atoms with van der Waals surface area (Å²) < 4.78 is 0. The fourth-order valence-corrected chi connectivity index (χ4v) is 3.58. The number of rotatable bonds is 8. The fraction of sp³-hybridized carbons (Fsp3) is 0.513. The van der Waals surface area contributed by atoms with Crippen molar-refractivity contribution in [3.63, 3.8) is 0 Å². The largest absolute Gasteiger partial charge is 0.198 e. The standard InChI is InChI=1S/C11H16.C9H16.C9H10.C3H5N.C3H6.2C2H6/c1-3-7-11-9-6-5-8-10(11)4-2;1-7(2)6-8(3)9-4-5-9;1-2-6-9-7-4-3-5-8-9;1-2-3-4;1-3-2;2*1-2/h5-6,8-9H,3-4,7H2,1-2H3;8-9H,1,4-6H2,2-3H3;2-5,7-8H,1,6H2;2H2,1H3;3H,1H2,2H3;2*1-2H3. The molecule has 0 aliphatic heterocycles.